The van der Waals surface area contributed by atoms with Gasteiger partial charge in [0.15, 0.2) is 11.5 Å². The Morgan fingerprint density at radius 3 is 2.20 bits per heavy atom. The van der Waals surface area contributed by atoms with Crippen LogP contribution in [0, 0.1) is 6.92 Å². The molecule has 0 heterocycles. The lowest BCUT2D eigenvalue weighted by Gasteiger charge is -2.17. The summed E-state index contributed by atoms with van der Waals surface area (Å²) in [6.07, 6.45) is 0. The quantitative estimate of drug-likeness (QED) is 0.846. The van der Waals surface area contributed by atoms with Crippen LogP contribution >= 0.6 is 0 Å². The first-order valence-corrected chi connectivity index (χ1v) is 7.85. The number of methoxy groups -OCH3 is 2. The fraction of sp³-hybridized carbons (Fsp3) is 0.263. The summed E-state index contributed by atoms with van der Waals surface area (Å²) in [5.41, 5.74) is 1.93. The largest absolute Gasteiger partial charge is 0.493 e. The van der Waals surface area contributed by atoms with Crippen molar-refractivity contribution in [3.8, 4) is 11.5 Å². The zero-order chi connectivity index (χ0) is 18.4. The van der Waals surface area contributed by atoms with E-state index in [-0.39, 0.29) is 11.8 Å². The Morgan fingerprint density at radius 2 is 1.60 bits per heavy atom. The van der Waals surface area contributed by atoms with Crippen molar-refractivity contribution in [2.45, 2.75) is 19.9 Å². The Morgan fingerprint density at radius 1 is 1.00 bits per heavy atom. The second-order valence-corrected chi connectivity index (χ2v) is 5.57. The molecule has 0 spiro atoms. The highest BCUT2D eigenvalue weighted by Gasteiger charge is 2.18. The van der Waals surface area contributed by atoms with Gasteiger partial charge in [-0.15, -0.1) is 0 Å². The number of hydrogen-bond acceptors (Lipinski definition) is 4. The number of benzene rings is 2. The van der Waals surface area contributed by atoms with Crippen molar-refractivity contribution in [3.05, 3.63) is 53.6 Å². The van der Waals surface area contributed by atoms with E-state index in [1.54, 1.807) is 50.4 Å². The van der Waals surface area contributed by atoms with Crippen LogP contribution in [0.5, 0.6) is 11.5 Å². The van der Waals surface area contributed by atoms with Gasteiger partial charge in [-0.3, -0.25) is 9.59 Å². The first-order chi connectivity index (χ1) is 12.0. The Hall–Kier alpha value is -3.02. The lowest BCUT2D eigenvalue weighted by molar-refractivity contribution is -0.117. The molecular formula is C19H22N2O4. The molecule has 0 bridgehead atoms. The first kappa shape index (κ1) is 18.3. The molecule has 2 aromatic carbocycles. The highest BCUT2D eigenvalue weighted by molar-refractivity contribution is 6.01. The van der Waals surface area contributed by atoms with Gasteiger partial charge in [-0.2, -0.15) is 0 Å². The molecule has 6 heteroatoms. The van der Waals surface area contributed by atoms with E-state index < -0.39 is 6.04 Å². The van der Waals surface area contributed by atoms with Gasteiger partial charge in [0, 0.05) is 17.3 Å². The van der Waals surface area contributed by atoms with Crippen LogP contribution < -0.4 is 20.1 Å². The number of anilines is 1. The van der Waals surface area contributed by atoms with Crippen LogP contribution in [-0.2, 0) is 4.79 Å². The molecule has 0 aliphatic heterocycles. The van der Waals surface area contributed by atoms with E-state index in [2.05, 4.69) is 10.6 Å². The monoisotopic (exact) mass is 342 g/mol. The summed E-state index contributed by atoms with van der Waals surface area (Å²) in [7, 11) is 3.08. The molecule has 2 aromatic rings. The van der Waals surface area contributed by atoms with E-state index in [0.29, 0.717) is 22.7 Å². The van der Waals surface area contributed by atoms with Crippen molar-refractivity contribution in [2.24, 2.45) is 0 Å². The Kier molecular flexibility index (Phi) is 6.00. The zero-order valence-corrected chi connectivity index (χ0v) is 14.8. The molecule has 2 N–H and O–H groups in total. The van der Waals surface area contributed by atoms with Crippen LogP contribution in [0.25, 0.3) is 0 Å². The van der Waals surface area contributed by atoms with E-state index >= 15 is 0 Å². The van der Waals surface area contributed by atoms with Gasteiger partial charge in [0.25, 0.3) is 5.91 Å². The van der Waals surface area contributed by atoms with Gasteiger partial charge in [-0.05, 0) is 37.6 Å². The topological polar surface area (TPSA) is 76.7 Å². The van der Waals surface area contributed by atoms with Gasteiger partial charge in [-0.25, -0.2) is 0 Å². The predicted molar refractivity (Wildman–Crippen MR) is 96.3 cm³/mol. The molecule has 25 heavy (non-hydrogen) atoms. The van der Waals surface area contributed by atoms with Crippen LogP contribution in [0.15, 0.2) is 42.5 Å². The number of carbonyl (C=O) groups is 2. The van der Waals surface area contributed by atoms with Gasteiger partial charge in [0.05, 0.1) is 14.2 Å². The maximum absolute atomic E-state index is 12.4. The van der Waals surface area contributed by atoms with Gasteiger partial charge in [0.2, 0.25) is 5.91 Å². The van der Waals surface area contributed by atoms with Gasteiger partial charge >= 0.3 is 0 Å². The van der Waals surface area contributed by atoms with Crippen molar-refractivity contribution in [3.63, 3.8) is 0 Å². The fourth-order valence-electron chi connectivity index (χ4n) is 2.29. The Balaban J connectivity index is 2.07. The van der Waals surface area contributed by atoms with E-state index in [4.69, 9.17) is 9.47 Å². The Bertz CT molecular complexity index is 760. The summed E-state index contributed by atoms with van der Waals surface area (Å²) >= 11 is 0. The molecule has 132 valence electrons. The van der Waals surface area contributed by atoms with Gasteiger partial charge in [0.1, 0.15) is 6.04 Å². The lowest BCUT2D eigenvalue weighted by atomic mass is 10.1. The molecule has 2 amide bonds. The molecule has 2 rings (SSSR count). The van der Waals surface area contributed by atoms with Crippen LogP contribution in [0.1, 0.15) is 22.8 Å². The Labute approximate surface area is 147 Å². The molecule has 1 atom stereocenters. The second kappa shape index (κ2) is 8.19. The molecular weight excluding hydrogens is 320 g/mol. The number of nitrogens with one attached hydrogen (secondary N) is 2. The molecule has 0 radical (unpaired) electrons. The molecule has 0 saturated carbocycles. The third-order valence-electron chi connectivity index (χ3n) is 3.77. The summed E-state index contributed by atoms with van der Waals surface area (Å²) < 4.78 is 10.5. The van der Waals surface area contributed by atoms with E-state index in [9.17, 15) is 9.59 Å². The van der Waals surface area contributed by atoms with E-state index in [1.807, 2.05) is 13.0 Å². The van der Waals surface area contributed by atoms with Crippen LogP contribution in [0.4, 0.5) is 5.69 Å². The molecule has 0 aromatic heterocycles. The van der Waals surface area contributed by atoms with Crippen LogP contribution in [0.3, 0.4) is 0 Å². The maximum atomic E-state index is 12.4. The van der Waals surface area contributed by atoms with Crippen molar-refractivity contribution < 1.29 is 19.1 Å². The summed E-state index contributed by atoms with van der Waals surface area (Å²) in [5, 5.41) is 5.48. The SMILES string of the molecule is COc1cc(C)c(NC(=O)C(C)NC(=O)c2ccccc2)cc1OC. The van der Waals surface area contributed by atoms with Crippen molar-refractivity contribution >= 4 is 17.5 Å². The molecule has 6 nitrogen and oxygen atoms in total. The zero-order valence-electron chi connectivity index (χ0n) is 14.8. The highest BCUT2D eigenvalue weighted by Crippen LogP contribution is 2.32. The average Bonchev–Trinajstić information content (AvgIpc) is 2.63. The number of aryl methyl sites for hydroxylation is 1. The normalized spacial score (nSPS) is 11.4. The van der Waals surface area contributed by atoms with Gasteiger partial charge in [-0.1, -0.05) is 18.2 Å². The molecule has 0 saturated heterocycles. The van der Waals surface area contributed by atoms with Crippen molar-refractivity contribution in [2.75, 3.05) is 19.5 Å². The highest BCUT2D eigenvalue weighted by atomic mass is 16.5. The molecule has 0 aliphatic rings. The summed E-state index contributed by atoms with van der Waals surface area (Å²) in [4.78, 5) is 24.5. The number of rotatable bonds is 6. The number of ether oxygens (including phenoxy) is 2. The van der Waals surface area contributed by atoms with E-state index in [1.165, 1.54) is 7.11 Å². The van der Waals surface area contributed by atoms with Crippen LogP contribution in [-0.4, -0.2) is 32.1 Å². The lowest BCUT2D eigenvalue weighted by Crippen LogP contribution is -2.41. The third-order valence-corrected chi connectivity index (χ3v) is 3.77. The smallest absolute Gasteiger partial charge is 0.251 e. The van der Waals surface area contributed by atoms with E-state index in [0.717, 1.165) is 5.56 Å². The first-order valence-electron chi connectivity index (χ1n) is 7.85. The van der Waals surface area contributed by atoms with Crippen molar-refractivity contribution in [1.29, 1.82) is 0 Å². The molecule has 0 fully saturated rings. The third kappa shape index (κ3) is 4.50. The molecule has 0 aliphatic carbocycles. The summed E-state index contributed by atoms with van der Waals surface area (Å²) in [5.74, 6) is 0.486. The number of carbonyl (C=O) groups excluding carboxylic acids is 2. The maximum Gasteiger partial charge on any atom is 0.251 e. The summed E-state index contributed by atoms with van der Waals surface area (Å²) in [6.45, 7) is 3.48. The minimum Gasteiger partial charge on any atom is -0.493 e. The fourth-order valence-corrected chi connectivity index (χ4v) is 2.29. The number of hydrogen-bond donors (Lipinski definition) is 2. The van der Waals surface area contributed by atoms with Crippen molar-refractivity contribution in [1.82, 2.24) is 5.32 Å². The standard InChI is InChI=1S/C19H22N2O4/c1-12-10-16(24-3)17(25-4)11-15(12)21-18(22)13(2)20-19(23)14-8-6-5-7-9-14/h5-11,13H,1-4H3,(H,20,23)(H,21,22). The number of amides is 2. The second-order valence-electron chi connectivity index (χ2n) is 5.57. The van der Waals surface area contributed by atoms with Crippen LogP contribution in [0.2, 0.25) is 0 Å². The summed E-state index contributed by atoms with van der Waals surface area (Å²) in [6, 6.07) is 11.5. The van der Waals surface area contributed by atoms with Gasteiger partial charge < -0.3 is 20.1 Å². The molecule has 1 unspecified atom stereocenters. The average molecular weight is 342 g/mol. The minimum absolute atomic E-state index is 0.299. The predicted octanol–water partition coefficient (Wildman–Crippen LogP) is 2.77. The minimum atomic E-state index is -0.694.